The second-order valence-corrected chi connectivity index (χ2v) is 5.96. The highest BCUT2D eigenvalue weighted by Crippen LogP contribution is 2.33. The lowest BCUT2D eigenvalue weighted by atomic mass is 10.1. The zero-order chi connectivity index (χ0) is 15.6. The minimum Gasteiger partial charge on any atom is -0.393 e. The zero-order valence-corrected chi connectivity index (χ0v) is 12.0. The van der Waals surface area contributed by atoms with Crippen LogP contribution >= 0.6 is 11.3 Å². The predicted molar refractivity (Wildman–Crippen MR) is 69.9 cm³/mol. The summed E-state index contributed by atoms with van der Waals surface area (Å²) in [6, 6.07) is -0.570. The Labute approximate surface area is 123 Å². The van der Waals surface area contributed by atoms with Gasteiger partial charge in [-0.25, -0.2) is 4.79 Å². The summed E-state index contributed by atoms with van der Waals surface area (Å²) in [7, 11) is 1.52. The first-order valence-electron chi connectivity index (χ1n) is 6.38. The molecule has 2 atom stereocenters. The van der Waals surface area contributed by atoms with E-state index in [4.69, 9.17) is 0 Å². The van der Waals surface area contributed by atoms with Gasteiger partial charge in [0.15, 0.2) is 0 Å². The highest BCUT2D eigenvalue weighted by Gasteiger charge is 2.36. The molecule has 1 aliphatic carbocycles. The first kappa shape index (κ1) is 16.0. The third-order valence-corrected chi connectivity index (χ3v) is 4.24. The quantitative estimate of drug-likeness (QED) is 0.893. The van der Waals surface area contributed by atoms with Crippen molar-refractivity contribution in [3.05, 3.63) is 5.01 Å². The van der Waals surface area contributed by atoms with Crippen LogP contribution in [0.5, 0.6) is 0 Å². The molecule has 0 aromatic carbocycles. The molecule has 0 spiro atoms. The van der Waals surface area contributed by atoms with Gasteiger partial charge in [-0.1, -0.05) is 17.8 Å². The number of amides is 2. The van der Waals surface area contributed by atoms with Crippen molar-refractivity contribution in [3.63, 3.8) is 0 Å². The minimum absolute atomic E-state index is 0.000839. The minimum atomic E-state index is -4.57. The Balaban J connectivity index is 1.90. The van der Waals surface area contributed by atoms with Crippen molar-refractivity contribution in [1.82, 2.24) is 15.1 Å². The normalized spacial score (nSPS) is 22.3. The number of hydrogen-bond donors (Lipinski definition) is 2. The molecule has 1 fully saturated rings. The molecule has 118 valence electrons. The fourth-order valence-corrected chi connectivity index (χ4v) is 2.84. The number of urea groups is 1. The van der Waals surface area contributed by atoms with Gasteiger partial charge in [-0.3, -0.25) is 5.32 Å². The SMILES string of the molecule is CN(CC1CCCC1O)C(=O)Nc1nnc(C(F)(F)F)s1. The number of alkyl halides is 3. The second kappa shape index (κ2) is 6.14. The van der Waals surface area contributed by atoms with Gasteiger partial charge in [0.25, 0.3) is 0 Å². The molecular formula is C11H15F3N4O2S. The fraction of sp³-hybridized carbons (Fsp3) is 0.727. The second-order valence-electron chi connectivity index (χ2n) is 4.98. The molecule has 2 unspecified atom stereocenters. The van der Waals surface area contributed by atoms with E-state index in [0.29, 0.717) is 13.0 Å². The van der Waals surface area contributed by atoms with Crippen molar-refractivity contribution in [1.29, 1.82) is 0 Å². The molecule has 10 heteroatoms. The van der Waals surface area contributed by atoms with Gasteiger partial charge in [0.05, 0.1) is 6.10 Å². The van der Waals surface area contributed by atoms with Crippen molar-refractivity contribution < 1.29 is 23.1 Å². The van der Waals surface area contributed by atoms with E-state index < -0.39 is 23.3 Å². The molecule has 2 N–H and O–H groups in total. The van der Waals surface area contributed by atoms with Gasteiger partial charge < -0.3 is 10.0 Å². The van der Waals surface area contributed by atoms with Crippen LogP contribution in [0.2, 0.25) is 0 Å². The topological polar surface area (TPSA) is 78.4 Å². The maximum Gasteiger partial charge on any atom is 0.445 e. The lowest BCUT2D eigenvalue weighted by molar-refractivity contribution is -0.138. The van der Waals surface area contributed by atoms with E-state index >= 15 is 0 Å². The van der Waals surface area contributed by atoms with Crippen molar-refractivity contribution in [2.24, 2.45) is 5.92 Å². The Morgan fingerprint density at radius 1 is 1.48 bits per heavy atom. The summed E-state index contributed by atoms with van der Waals surface area (Å²) in [6.45, 7) is 0.345. The van der Waals surface area contributed by atoms with Crippen LogP contribution < -0.4 is 5.32 Å². The number of rotatable bonds is 3. The maximum atomic E-state index is 12.4. The molecule has 0 aliphatic heterocycles. The fourth-order valence-electron chi connectivity index (χ4n) is 2.24. The molecule has 1 heterocycles. The molecule has 6 nitrogen and oxygen atoms in total. The van der Waals surface area contributed by atoms with E-state index in [-0.39, 0.29) is 22.4 Å². The van der Waals surface area contributed by atoms with Crippen LogP contribution in [-0.4, -0.2) is 45.9 Å². The van der Waals surface area contributed by atoms with Crippen LogP contribution in [-0.2, 0) is 6.18 Å². The molecular weight excluding hydrogens is 309 g/mol. The smallest absolute Gasteiger partial charge is 0.393 e. The van der Waals surface area contributed by atoms with Crippen molar-refractivity contribution in [2.75, 3.05) is 18.9 Å². The molecule has 0 radical (unpaired) electrons. The van der Waals surface area contributed by atoms with Crippen LogP contribution in [0, 0.1) is 5.92 Å². The molecule has 0 bridgehead atoms. The molecule has 21 heavy (non-hydrogen) atoms. The number of hydrogen-bond acceptors (Lipinski definition) is 5. The van der Waals surface area contributed by atoms with Gasteiger partial charge in [-0.15, -0.1) is 10.2 Å². The molecule has 2 amide bonds. The van der Waals surface area contributed by atoms with Gasteiger partial charge in [0, 0.05) is 19.5 Å². The molecule has 1 saturated carbocycles. The number of nitrogens with zero attached hydrogens (tertiary/aromatic N) is 3. The van der Waals surface area contributed by atoms with Crippen molar-refractivity contribution in [3.8, 4) is 0 Å². The number of aliphatic hydroxyl groups is 1. The highest BCUT2D eigenvalue weighted by molar-refractivity contribution is 7.15. The Bertz CT molecular complexity index is 508. The van der Waals surface area contributed by atoms with E-state index in [9.17, 15) is 23.1 Å². The van der Waals surface area contributed by atoms with E-state index in [1.54, 1.807) is 0 Å². The van der Waals surface area contributed by atoms with Crippen LogP contribution in [0.4, 0.5) is 23.1 Å². The molecule has 0 saturated heterocycles. The van der Waals surface area contributed by atoms with Gasteiger partial charge in [0.1, 0.15) is 0 Å². The van der Waals surface area contributed by atoms with Gasteiger partial charge in [-0.05, 0) is 12.8 Å². The van der Waals surface area contributed by atoms with Gasteiger partial charge in [-0.2, -0.15) is 13.2 Å². The predicted octanol–water partition coefficient (Wildman–Crippen LogP) is 2.18. The number of nitrogens with one attached hydrogen (secondary N) is 1. The maximum absolute atomic E-state index is 12.4. The van der Waals surface area contributed by atoms with Gasteiger partial charge >= 0.3 is 12.2 Å². The van der Waals surface area contributed by atoms with Crippen molar-refractivity contribution >= 4 is 22.5 Å². The average molecular weight is 324 g/mol. The third kappa shape index (κ3) is 4.03. The number of halogens is 3. The Morgan fingerprint density at radius 3 is 2.71 bits per heavy atom. The number of anilines is 1. The van der Waals surface area contributed by atoms with Crippen LogP contribution in [0.25, 0.3) is 0 Å². The summed E-state index contributed by atoms with van der Waals surface area (Å²) in [5.41, 5.74) is 0. The average Bonchev–Trinajstić information content (AvgIpc) is 2.99. The lowest BCUT2D eigenvalue weighted by Crippen LogP contribution is -2.37. The molecule has 1 aromatic rings. The summed E-state index contributed by atoms with van der Waals surface area (Å²) >= 11 is 0.274. The summed E-state index contributed by atoms with van der Waals surface area (Å²) in [4.78, 5) is 13.2. The largest absolute Gasteiger partial charge is 0.445 e. The molecule has 1 aromatic heterocycles. The summed E-state index contributed by atoms with van der Waals surface area (Å²) in [5.74, 6) is 0.000839. The van der Waals surface area contributed by atoms with E-state index in [2.05, 4.69) is 15.5 Å². The first-order valence-corrected chi connectivity index (χ1v) is 7.20. The zero-order valence-electron chi connectivity index (χ0n) is 11.2. The van der Waals surface area contributed by atoms with Crippen LogP contribution in [0.15, 0.2) is 0 Å². The number of aromatic nitrogens is 2. The summed E-state index contributed by atoms with van der Waals surface area (Å²) < 4.78 is 37.1. The third-order valence-electron chi connectivity index (χ3n) is 3.36. The Morgan fingerprint density at radius 2 is 2.19 bits per heavy atom. The summed E-state index contributed by atoms with van der Waals surface area (Å²) in [5, 5.41) is 16.9. The van der Waals surface area contributed by atoms with E-state index in [1.807, 2.05) is 0 Å². The van der Waals surface area contributed by atoms with E-state index in [0.717, 1.165) is 12.8 Å². The molecule has 1 aliphatic rings. The monoisotopic (exact) mass is 324 g/mol. The summed E-state index contributed by atoms with van der Waals surface area (Å²) in [6.07, 6.45) is -2.55. The van der Waals surface area contributed by atoms with Crippen LogP contribution in [0.3, 0.4) is 0 Å². The van der Waals surface area contributed by atoms with E-state index in [1.165, 1.54) is 11.9 Å². The number of carbonyl (C=O) groups is 1. The Kier molecular flexibility index (Phi) is 4.67. The van der Waals surface area contributed by atoms with Gasteiger partial charge in [0.2, 0.25) is 10.1 Å². The standard InChI is InChI=1S/C11H15F3N4O2S/c1-18(5-6-3-2-4-7(6)19)10(20)15-9-17-16-8(21-9)11(12,13)14/h6-7,19H,2-5H2,1H3,(H,15,17,20). The number of aliphatic hydroxyl groups excluding tert-OH is 1. The molecule has 2 rings (SSSR count). The number of carbonyl (C=O) groups excluding carboxylic acids is 1. The highest BCUT2D eigenvalue weighted by atomic mass is 32.1. The van der Waals surface area contributed by atoms with Crippen LogP contribution in [0.1, 0.15) is 24.3 Å². The van der Waals surface area contributed by atoms with Crippen molar-refractivity contribution in [2.45, 2.75) is 31.5 Å². The Hall–Kier alpha value is -1.42. The lowest BCUT2D eigenvalue weighted by Gasteiger charge is -2.22. The first-order chi connectivity index (χ1) is 9.77.